The van der Waals surface area contributed by atoms with Crippen LogP contribution in [-0.4, -0.2) is 0 Å². The standard InChI is InChI=1S/C15H32.C2H6/c1-8-10-12(4)14(6)15(7)13(5)11(3)9-2;1-2/h11-15H,8-10H2,1-7H3;1-2H3. The molecule has 5 unspecified atom stereocenters. The van der Waals surface area contributed by atoms with Crippen LogP contribution in [0.3, 0.4) is 0 Å². The predicted molar refractivity (Wildman–Crippen MR) is 82.4 cm³/mol. The van der Waals surface area contributed by atoms with Crippen LogP contribution in [-0.2, 0) is 0 Å². The molecule has 0 bridgehead atoms. The first-order valence-corrected chi connectivity index (χ1v) is 7.95. The molecule has 0 aliphatic rings. The van der Waals surface area contributed by atoms with E-state index in [4.69, 9.17) is 0 Å². The monoisotopic (exact) mass is 242 g/mol. The Bertz CT molecular complexity index is 150. The maximum absolute atomic E-state index is 2.45. The molecule has 0 saturated heterocycles. The second-order valence-corrected chi connectivity index (χ2v) is 5.73. The maximum atomic E-state index is 2.45. The zero-order chi connectivity index (χ0) is 14.0. The van der Waals surface area contributed by atoms with Gasteiger partial charge < -0.3 is 0 Å². The third kappa shape index (κ3) is 7.11. The molecule has 106 valence electrons. The van der Waals surface area contributed by atoms with Crippen molar-refractivity contribution in [2.24, 2.45) is 29.6 Å². The molecule has 0 aromatic heterocycles. The van der Waals surface area contributed by atoms with Gasteiger partial charge >= 0.3 is 0 Å². The highest BCUT2D eigenvalue weighted by molar-refractivity contribution is 4.75. The molecule has 0 N–H and O–H groups in total. The van der Waals surface area contributed by atoms with Gasteiger partial charge in [0, 0.05) is 0 Å². The highest BCUT2D eigenvalue weighted by Crippen LogP contribution is 2.33. The first-order valence-electron chi connectivity index (χ1n) is 7.95. The minimum absolute atomic E-state index is 0.862. The van der Waals surface area contributed by atoms with Crippen molar-refractivity contribution in [1.29, 1.82) is 0 Å². The van der Waals surface area contributed by atoms with Gasteiger partial charge in [-0.15, -0.1) is 0 Å². The van der Waals surface area contributed by atoms with Gasteiger partial charge in [0.15, 0.2) is 0 Å². The zero-order valence-corrected chi connectivity index (χ0v) is 14.0. The minimum atomic E-state index is 0.862. The second-order valence-electron chi connectivity index (χ2n) is 5.73. The van der Waals surface area contributed by atoms with E-state index in [1.807, 2.05) is 13.8 Å². The molecule has 0 heteroatoms. The minimum Gasteiger partial charge on any atom is -0.0683 e. The number of rotatable bonds is 7. The Morgan fingerprint density at radius 3 is 1.41 bits per heavy atom. The predicted octanol–water partition coefficient (Wildman–Crippen LogP) is 6.40. The summed E-state index contributed by atoms with van der Waals surface area (Å²) in [5.74, 6) is 4.35. The highest BCUT2D eigenvalue weighted by Gasteiger charge is 2.25. The fraction of sp³-hybridized carbons (Fsp3) is 1.00. The van der Waals surface area contributed by atoms with Crippen LogP contribution >= 0.6 is 0 Å². The van der Waals surface area contributed by atoms with Crippen LogP contribution in [0.5, 0.6) is 0 Å². The van der Waals surface area contributed by atoms with Gasteiger partial charge in [-0.2, -0.15) is 0 Å². The Morgan fingerprint density at radius 2 is 1.06 bits per heavy atom. The number of hydrogen-bond acceptors (Lipinski definition) is 0. The Morgan fingerprint density at radius 1 is 0.647 bits per heavy atom. The van der Waals surface area contributed by atoms with Gasteiger partial charge in [0.2, 0.25) is 0 Å². The first kappa shape index (κ1) is 19.3. The molecule has 0 nitrogen and oxygen atoms in total. The van der Waals surface area contributed by atoms with Crippen LogP contribution in [0.4, 0.5) is 0 Å². The van der Waals surface area contributed by atoms with Crippen LogP contribution in [0.15, 0.2) is 0 Å². The van der Waals surface area contributed by atoms with E-state index < -0.39 is 0 Å². The van der Waals surface area contributed by atoms with E-state index in [9.17, 15) is 0 Å². The lowest BCUT2D eigenvalue weighted by atomic mass is 9.72. The summed E-state index contributed by atoms with van der Waals surface area (Å²) in [5.41, 5.74) is 0. The molecule has 0 amide bonds. The molecule has 0 aliphatic heterocycles. The summed E-state index contributed by atoms with van der Waals surface area (Å²) in [6.45, 7) is 20.8. The summed E-state index contributed by atoms with van der Waals surface area (Å²) in [5, 5.41) is 0. The molecule has 0 aliphatic carbocycles. The molecule has 0 spiro atoms. The van der Waals surface area contributed by atoms with E-state index in [0.29, 0.717) is 0 Å². The molecule has 5 atom stereocenters. The van der Waals surface area contributed by atoms with Crippen molar-refractivity contribution in [2.45, 2.75) is 81.6 Å². The van der Waals surface area contributed by atoms with Crippen LogP contribution in [0.2, 0.25) is 0 Å². The topological polar surface area (TPSA) is 0 Å². The van der Waals surface area contributed by atoms with E-state index in [0.717, 1.165) is 29.6 Å². The van der Waals surface area contributed by atoms with Crippen LogP contribution in [0.25, 0.3) is 0 Å². The molecular weight excluding hydrogens is 204 g/mol. The van der Waals surface area contributed by atoms with Crippen molar-refractivity contribution < 1.29 is 0 Å². The van der Waals surface area contributed by atoms with Crippen molar-refractivity contribution in [1.82, 2.24) is 0 Å². The molecule has 0 saturated carbocycles. The third-order valence-corrected chi connectivity index (χ3v) is 4.84. The van der Waals surface area contributed by atoms with Crippen molar-refractivity contribution in [3.8, 4) is 0 Å². The molecule has 0 aromatic carbocycles. The highest BCUT2D eigenvalue weighted by atomic mass is 14.3. The summed E-state index contributed by atoms with van der Waals surface area (Å²) >= 11 is 0. The summed E-state index contributed by atoms with van der Waals surface area (Å²) in [4.78, 5) is 0. The Labute approximate surface area is 112 Å². The third-order valence-electron chi connectivity index (χ3n) is 4.84. The molecule has 0 radical (unpaired) electrons. The van der Waals surface area contributed by atoms with Crippen LogP contribution in [0.1, 0.15) is 81.6 Å². The van der Waals surface area contributed by atoms with Gasteiger partial charge in [-0.05, 0) is 29.6 Å². The smallest absolute Gasteiger partial charge is 0.0386 e. The van der Waals surface area contributed by atoms with Crippen LogP contribution in [0, 0.1) is 29.6 Å². The Hall–Kier alpha value is 0. The van der Waals surface area contributed by atoms with Crippen molar-refractivity contribution >= 4 is 0 Å². The van der Waals surface area contributed by atoms with Crippen molar-refractivity contribution in [3.05, 3.63) is 0 Å². The summed E-state index contributed by atoms with van der Waals surface area (Å²) < 4.78 is 0. The van der Waals surface area contributed by atoms with E-state index in [-0.39, 0.29) is 0 Å². The Kier molecular flexibility index (Phi) is 12.6. The van der Waals surface area contributed by atoms with Gasteiger partial charge in [-0.25, -0.2) is 0 Å². The fourth-order valence-corrected chi connectivity index (χ4v) is 2.61. The number of hydrogen-bond donors (Lipinski definition) is 0. The lowest BCUT2D eigenvalue weighted by Gasteiger charge is -2.33. The molecular formula is C17H38. The Balaban J connectivity index is 0. The van der Waals surface area contributed by atoms with E-state index >= 15 is 0 Å². The van der Waals surface area contributed by atoms with E-state index in [1.54, 1.807) is 0 Å². The largest absolute Gasteiger partial charge is 0.0683 e. The zero-order valence-electron chi connectivity index (χ0n) is 14.0. The summed E-state index contributed by atoms with van der Waals surface area (Å²) in [6.07, 6.45) is 4.04. The molecule has 0 fully saturated rings. The quantitative estimate of drug-likeness (QED) is 0.484. The lowest BCUT2D eigenvalue weighted by Crippen LogP contribution is -2.26. The first-order chi connectivity index (χ1) is 7.95. The molecule has 17 heavy (non-hydrogen) atoms. The van der Waals surface area contributed by atoms with E-state index in [2.05, 4.69) is 48.5 Å². The normalized spacial score (nSPS) is 19.6. The maximum Gasteiger partial charge on any atom is -0.0386 e. The van der Waals surface area contributed by atoms with Gasteiger partial charge in [-0.1, -0.05) is 81.6 Å². The van der Waals surface area contributed by atoms with Gasteiger partial charge in [0.25, 0.3) is 0 Å². The molecule has 0 heterocycles. The van der Waals surface area contributed by atoms with Gasteiger partial charge in [0.1, 0.15) is 0 Å². The van der Waals surface area contributed by atoms with Crippen LogP contribution < -0.4 is 0 Å². The van der Waals surface area contributed by atoms with E-state index in [1.165, 1.54) is 19.3 Å². The summed E-state index contributed by atoms with van der Waals surface area (Å²) in [6, 6.07) is 0. The summed E-state index contributed by atoms with van der Waals surface area (Å²) in [7, 11) is 0. The average Bonchev–Trinajstić information content (AvgIpc) is 2.37. The fourth-order valence-electron chi connectivity index (χ4n) is 2.61. The average molecular weight is 242 g/mol. The van der Waals surface area contributed by atoms with Crippen molar-refractivity contribution in [2.75, 3.05) is 0 Å². The van der Waals surface area contributed by atoms with Crippen molar-refractivity contribution in [3.63, 3.8) is 0 Å². The molecule has 0 rings (SSSR count). The van der Waals surface area contributed by atoms with Gasteiger partial charge in [-0.3, -0.25) is 0 Å². The molecule has 0 aromatic rings. The lowest BCUT2D eigenvalue weighted by molar-refractivity contribution is 0.161. The van der Waals surface area contributed by atoms with Gasteiger partial charge in [0.05, 0.1) is 0 Å². The second kappa shape index (κ2) is 11.1. The SMILES string of the molecule is CC.CCCC(C)C(C)C(C)C(C)C(C)CC.